The number of aromatic nitrogens is 1. The lowest BCUT2D eigenvalue weighted by Gasteiger charge is -1.97. The number of nitrogens with one attached hydrogen (secondary N) is 2. The quantitative estimate of drug-likeness (QED) is 0.651. The zero-order valence-corrected chi connectivity index (χ0v) is 6.77. The summed E-state index contributed by atoms with van der Waals surface area (Å²) in [5.74, 6) is -0.00254. The molecule has 3 nitrogen and oxygen atoms in total. The summed E-state index contributed by atoms with van der Waals surface area (Å²) >= 11 is 0. The maximum Gasteiger partial charge on any atom is 0.217 e. The van der Waals surface area contributed by atoms with E-state index in [-0.39, 0.29) is 5.91 Å². The first-order chi connectivity index (χ1) is 5.18. The van der Waals surface area contributed by atoms with Gasteiger partial charge in [-0.15, -0.1) is 0 Å². The van der Waals surface area contributed by atoms with E-state index in [4.69, 9.17) is 0 Å². The van der Waals surface area contributed by atoms with E-state index >= 15 is 0 Å². The predicted octanol–water partition coefficient (Wildman–Crippen LogP) is 0.959. The average molecular weight is 152 g/mol. The van der Waals surface area contributed by atoms with E-state index in [1.54, 1.807) is 0 Å². The molecule has 1 rings (SSSR count). The van der Waals surface area contributed by atoms with Gasteiger partial charge >= 0.3 is 0 Å². The lowest BCUT2D eigenvalue weighted by molar-refractivity contribution is -0.119. The molecule has 0 aliphatic rings. The summed E-state index contributed by atoms with van der Waals surface area (Å²) in [6.45, 7) is 4.10. The topological polar surface area (TPSA) is 44.9 Å². The van der Waals surface area contributed by atoms with Gasteiger partial charge in [0, 0.05) is 18.8 Å². The molecule has 1 heterocycles. The highest BCUT2D eigenvalue weighted by Crippen LogP contribution is 1.99. The third kappa shape index (κ3) is 2.45. The molecule has 0 spiro atoms. The van der Waals surface area contributed by atoms with E-state index in [0.29, 0.717) is 6.54 Å². The van der Waals surface area contributed by atoms with Gasteiger partial charge in [0.1, 0.15) is 0 Å². The van der Waals surface area contributed by atoms with Crippen LogP contribution < -0.4 is 5.32 Å². The van der Waals surface area contributed by atoms with Crippen molar-refractivity contribution in [2.24, 2.45) is 0 Å². The van der Waals surface area contributed by atoms with Crippen molar-refractivity contribution in [3.05, 3.63) is 23.5 Å². The third-order valence-corrected chi connectivity index (χ3v) is 1.41. The number of H-pyrrole nitrogens is 1. The zero-order chi connectivity index (χ0) is 8.27. The van der Waals surface area contributed by atoms with Crippen LogP contribution in [0.15, 0.2) is 12.3 Å². The summed E-state index contributed by atoms with van der Waals surface area (Å²) in [6, 6.07) is 2.01. The minimum Gasteiger partial charge on any atom is -0.363 e. The minimum atomic E-state index is -0.00254. The van der Waals surface area contributed by atoms with Crippen molar-refractivity contribution in [2.45, 2.75) is 20.4 Å². The maximum absolute atomic E-state index is 10.5. The Morgan fingerprint density at radius 2 is 2.45 bits per heavy atom. The van der Waals surface area contributed by atoms with Crippen LogP contribution in [-0.4, -0.2) is 10.9 Å². The van der Waals surface area contributed by atoms with Gasteiger partial charge in [-0.25, -0.2) is 0 Å². The van der Waals surface area contributed by atoms with Crippen molar-refractivity contribution in [1.82, 2.24) is 10.3 Å². The Labute approximate surface area is 65.8 Å². The number of aryl methyl sites for hydroxylation is 1. The molecule has 3 heteroatoms. The van der Waals surface area contributed by atoms with E-state index in [0.717, 1.165) is 5.69 Å². The summed E-state index contributed by atoms with van der Waals surface area (Å²) in [7, 11) is 0. The van der Waals surface area contributed by atoms with Gasteiger partial charge in [0.15, 0.2) is 0 Å². The van der Waals surface area contributed by atoms with Crippen molar-refractivity contribution >= 4 is 5.91 Å². The summed E-state index contributed by atoms with van der Waals surface area (Å²) < 4.78 is 0. The van der Waals surface area contributed by atoms with Crippen LogP contribution >= 0.6 is 0 Å². The van der Waals surface area contributed by atoms with Crippen LogP contribution in [-0.2, 0) is 11.3 Å². The number of rotatable bonds is 2. The summed E-state index contributed by atoms with van der Waals surface area (Å²) in [5, 5.41) is 2.70. The molecule has 1 amide bonds. The molecule has 0 atom stereocenters. The molecular formula is C8H12N2O. The first-order valence-corrected chi connectivity index (χ1v) is 3.57. The van der Waals surface area contributed by atoms with E-state index in [1.165, 1.54) is 12.5 Å². The highest BCUT2D eigenvalue weighted by molar-refractivity contribution is 5.72. The van der Waals surface area contributed by atoms with Gasteiger partial charge in [0.25, 0.3) is 0 Å². The molecule has 11 heavy (non-hydrogen) atoms. The first kappa shape index (κ1) is 7.85. The molecule has 0 saturated carbocycles. The molecular weight excluding hydrogens is 140 g/mol. The Balaban J connectivity index is 2.45. The second-order valence-electron chi connectivity index (χ2n) is 2.61. The fourth-order valence-corrected chi connectivity index (χ4v) is 0.886. The number of hydrogen-bond donors (Lipinski definition) is 2. The Bertz CT molecular complexity index is 252. The van der Waals surface area contributed by atoms with E-state index in [2.05, 4.69) is 10.3 Å². The molecule has 0 unspecified atom stereocenters. The number of hydrogen-bond acceptors (Lipinski definition) is 1. The molecule has 0 radical (unpaired) electrons. The van der Waals surface area contributed by atoms with Gasteiger partial charge in [0.2, 0.25) is 5.91 Å². The Kier molecular flexibility index (Phi) is 2.31. The van der Waals surface area contributed by atoms with Crippen LogP contribution in [0.5, 0.6) is 0 Å². The number of amides is 1. The van der Waals surface area contributed by atoms with E-state index in [1.807, 2.05) is 19.2 Å². The van der Waals surface area contributed by atoms with Crippen molar-refractivity contribution in [2.75, 3.05) is 0 Å². The Morgan fingerprint density at radius 3 is 2.91 bits per heavy atom. The zero-order valence-electron chi connectivity index (χ0n) is 6.77. The number of aromatic amines is 1. The van der Waals surface area contributed by atoms with E-state index in [9.17, 15) is 4.79 Å². The molecule has 2 N–H and O–H groups in total. The summed E-state index contributed by atoms with van der Waals surface area (Å²) in [4.78, 5) is 13.5. The van der Waals surface area contributed by atoms with Crippen LogP contribution in [0.4, 0.5) is 0 Å². The normalized spacial score (nSPS) is 9.64. The largest absolute Gasteiger partial charge is 0.363 e. The second-order valence-corrected chi connectivity index (χ2v) is 2.61. The number of carbonyl (C=O) groups excluding carboxylic acids is 1. The molecule has 0 aliphatic carbocycles. The predicted molar refractivity (Wildman–Crippen MR) is 43.1 cm³/mol. The SMILES string of the molecule is CC(=O)NCc1cc(C)c[nH]1. The second kappa shape index (κ2) is 3.23. The average Bonchev–Trinajstić information content (AvgIpc) is 2.31. The van der Waals surface area contributed by atoms with E-state index < -0.39 is 0 Å². The van der Waals surface area contributed by atoms with Crippen molar-refractivity contribution in [3.63, 3.8) is 0 Å². The highest BCUT2D eigenvalue weighted by Gasteiger charge is 1.95. The van der Waals surface area contributed by atoms with Gasteiger partial charge in [0.05, 0.1) is 6.54 Å². The van der Waals surface area contributed by atoms with Crippen molar-refractivity contribution in [1.29, 1.82) is 0 Å². The summed E-state index contributed by atoms with van der Waals surface area (Å²) in [5.41, 5.74) is 2.23. The van der Waals surface area contributed by atoms with Gasteiger partial charge in [-0.05, 0) is 18.6 Å². The molecule has 60 valence electrons. The monoisotopic (exact) mass is 152 g/mol. The molecule has 0 saturated heterocycles. The van der Waals surface area contributed by atoms with Gasteiger partial charge in [-0.1, -0.05) is 0 Å². The first-order valence-electron chi connectivity index (χ1n) is 3.57. The minimum absolute atomic E-state index is 0.00254. The maximum atomic E-state index is 10.5. The number of carbonyl (C=O) groups is 1. The molecule has 0 fully saturated rings. The fourth-order valence-electron chi connectivity index (χ4n) is 0.886. The van der Waals surface area contributed by atoms with Gasteiger partial charge in [-0.3, -0.25) is 4.79 Å². The lowest BCUT2D eigenvalue weighted by Crippen LogP contribution is -2.18. The summed E-state index contributed by atoms with van der Waals surface area (Å²) in [6.07, 6.45) is 1.91. The molecule has 1 aromatic heterocycles. The fraction of sp³-hybridized carbons (Fsp3) is 0.375. The molecule has 0 aromatic carbocycles. The van der Waals surface area contributed by atoms with Crippen LogP contribution in [0.2, 0.25) is 0 Å². The molecule has 0 bridgehead atoms. The van der Waals surface area contributed by atoms with Crippen molar-refractivity contribution in [3.8, 4) is 0 Å². The third-order valence-electron chi connectivity index (χ3n) is 1.41. The van der Waals surface area contributed by atoms with Crippen LogP contribution in [0.1, 0.15) is 18.2 Å². The van der Waals surface area contributed by atoms with Gasteiger partial charge < -0.3 is 10.3 Å². The molecule has 0 aliphatic heterocycles. The van der Waals surface area contributed by atoms with Crippen LogP contribution in [0, 0.1) is 6.92 Å². The van der Waals surface area contributed by atoms with Crippen LogP contribution in [0.3, 0.4) is 0 Å². The molecule has 1 aromatic rings. The highest BCUT2D eigenvalue weighted by atomic mass is 16.1. The van der Waals surface area contributed by atoms with Crippen LogP contribution in [0.25, 0.3) is 0 Å². The van der Waals surface area contributed by atoms with Gasteiger partial charge in [-0.2, -0.15) is 0 Å². The van der Waals surface area contributed by atoms with Crippen molar-refractivity contribution < 1.29 is 4.79 Å². The Morgan fingerprint density at radius 1 is 1.73 bits per heavy atom. The Hall–Kier alpha value is -1.25. The lowest BCUT2D eigenvalue weighted by atomic mass is 10.3. The smallest absolute Gasteiger partial charge is 0.217 e. The standard InChI is InChI=1S/C8H12N2O/c1-6-3-8(10-4-6)5-9-7(2)11/h3-4,10H,5H2,1-2H3,(H,9,11).